The van der Waals surface area contributed by atoms with Crippen molar-refractivity contribution < 1.29 is 4.79 Å². The molecule has 0 N–H and O–H groups in total. The summed E-state index contributed by atoms with van der Waals surface area (Å²) in [6, 6.07) is 13.2. The Kier molecular flexibility index (Phi) is 6.66. The minimum absolute atomic E-state index is 0.0562. The summed E-state index contributed by atoms with van der Waals surface area (Å²) in [6.07, 6.45) is 0.549. The number of carbonyl (C=O) groups is 1. The van der Waals surface area contributed by atoms with E-state index >= 15 is 0 Å². The number of carbonyl (C=O) groups excluding carboxylic acids is 1. The molecule has 1 amide bonds. The van der Waals surface area contributed by atoms with Crippen LogP contribution in [0.25, 0.3) is 0 Å². The quantitative estimate of drug-likeness (QED) is 0.374. The van der Waals surface area contributed by atoms with Crippen LogP contribution in [0.4, 0.5) is 11.6 Å². The van der Waals surface area contributed by atoms with E-state index in [0.717, 1.165) is 21.4 Å². The molecule has 0 bridgehead atoms. The van der Waals surface area contributed by atoms with Crippen molar-refractivity contribution in [1.82, 2.24) is 9.55 Å². The van der Waals surface area contributed by atoms with Crippen LogP contribution in [0, 0.1) is 13.8 Å². The van der Waals surface area contributed by atoms with Gasteiger partial charge in [0.2, 0.25) is 5.95 Å². The molecule has 158 valence electrons. The maximum Gasteiger partial charge on any atom is 0.260 e. The highest BCUT2D eigenvalue weighted by Gasteiger charge is 2.50. The van der Waals surface area contributed by atoms with Gasteiger partial charge in [0, 0.05) is 26.6 Å². The van der Waals surface area contributed by atoms with Gasteiger partial charge in [0.25, 0.3) is 5.91 Å². The van der Waals surface area contributed by atoms with E-state index in [9.17, 15) is 4.79 Å². The first-order chi connectivity index (χ1) is 14.2. The molecule has 2 aromatic carbocycles. The van der Waals surface area contributed by atoms with Gasteiger partial charge >= 0.3 is 0 Å². The third kappa shape index (κ3) is 3.91. The van der Waals surface area contributed by atoms with Gasteiger partial charge in [0.1, 0.15) is 5.54 Å². The second kappa shape index (κ2) is 8.74. The zero-order valence-corrected chi connectivity index (χ0v) is 20.7. The molecule has 7 heteroatoms. The first-order valence-corrected chi connectivity index (χ1v) is 11.4. The van der Waals surface area contributed by atoms with Crippen molar-refractivity contribution in [3.05, 3.63) is 73.9 Å². The van der Waals surface area contributed by atoms with E-state index in [1.807, 2.05) is 63.5 Å². The van der Waals surface area contributed by atoms with Crippen LogP contribution in [0.3, 0.4) is 0 Å². The summed E-state index contributed by atoms with van der Waals surface area (Å²) < 4.78 is 3.03. The number of rotatable bonds is 3. The smallest absolute Gasteiger partial charge is 0.260 e. The number of imidazole rings is 1. The minimum Gasteiger partial charge on any atom is -0.299 e. The number of aryl methyl sites for hydroxylation is 1. The highest BCUT2D eigenvalue weighted by atomic mass is 79.9. The number of fused-ring (bicyclic) bond motifs is 1. The van der Waals surface area contributed by atoms with Gasteiger partial charge < -0.3 is 0 Å². The SMILES string of the molecule is CC.Cc1nc2n(c1C)C(C)(Cc1ccc(Br)cc1)C(=O)N2c1cc(Cl)cc(Cl)c1. The summed E-state index contributed by atoms with van der Waals surface area (Å²) in [5.41, 5.74) is 2.75. The zero-order chi connectivity index (χ0) is 22.2. The fourth-order valence-electron chi connectivity index (χ4n) is 3.82. The van der Waals surface area contributed by atoms with Gasteiger partial charge in [-0.1, -0.05) is 65.1 Å². The van der Waals surface area contributed by atoms with Crippen molar-refractivity contribution >= 4 is 56.7 Å². The lowest BCUT2D eigenvalue weighted by Crippen LogP contribution is -2.41. The van der Waals surface area contributed by atoms with Crippen molar-refractivity contribution in [3.8, 4) is 0 Å². The Morgan fingerprint density at radius 2 is 1.60 bits per heavy atom. The van der Waals surface area contributed by atoms with Crippen molar-refractivity contribution in [2.45, 2.75) is 46.6 Å². The molecule has 2 heterocycles. The standard InChI is InChI=1S/C21H18BrCl2N3O.C2H6/c1-12-13(2)27-20(25-12)26(18-9-16(23)8-17(24)10-18)19(28)21(27,3)11-14-4-6-15(22)7-5-14;1-2/h4-10H,11H2,1-3H3;1-2H3. The molecule has 0 aliphatic carbocycles. The van der Waals surface area contributed by atoms with Crippen LogP contribution in [0.2, 0.25) is 10.0 Å². The average Bonchev–Trinajstić information content (AvgIpc) is 3.10. The van der Waals surface area contributed by atoms with E-state index in [1.54, 1.807) is 23.1 Å². The first kappa shape index (κ1) is 22.9. The van der Waals surface area contributed by atoms with E-state index in [1.165, 1.54) is 0 Å². The molecular formula is C23H24BrCl2N3O. The zero-order valence-electron chi connectivity index (χ0n) is 17.6. The minimum atomic E-state index is -0.802. The molecule has 1 aliphatic rings. The fraction of sp³-hybridized carbons (Fsp3) is 0.304. The fourth-order valence-corrected chi connectivity index (χ4v) is 4.60. The van der Waals surface area contributed by atoms with Crippen LogP contribution in [0.1, 0.15) is 37.7 Å². The Balaban J connectivity index is 0.00000124. The number of hydrogen-bond donors (Lipinski definition) is 0. The maximum absolute atomic E-state index is 13.7. The summed E-state index contributed by atoms with van der Waals surface area (Å²) in [5.74, 6) is 0.539. The molecule has 1 aromatic heterocycles. The molecule has 0 spiro atoms. The largest absolute Gasteiger partial charge is 0.299 e. The van der Waals surface area contributed by atoms with Crippen molar-refractivity contribution in [2.75, 3.05) is 4.90 Å². The molecule has 4 nitrogen and oxygen atoms in total. The number of nitrogens with zero attached hydrogens (tertiary/aromatic N) is 3. The topological polar surface area (TPSA) is 38.1 Å². The number of benzene rings is 2. The molecule has 4 rings (SSSR count). The van der Waals surface area contributed by atoms with Gasteiger partial charge in [-0.25, -0.2) is 9.88 Å². The Bertz CT molecular complexity index is 1070. The van der Waals surface area contributed by atoms with Crippen molar-refractivity contribution in [1.29, 1.82) is 0 Å². The molecule has 0 fully saturated rings. The second-order valence-corrected chi connectivity index (χ2v) is 9.05. The molecule has 30 heavy (non-hydrogen) atoms. The number of aromatic nitrogens is 2. The molecule has 1 atom stereocenters. The number of anilines is 2. The van der Waals surface area contributed by atoms with E-state index in [2.05, 4.69) is 20.9 Å². The lowest BCUT2D eigenvalue weighted by molar-refractivity contribution is -0.124. The van der Waals surface area contributed by atoms with Gasteiger partial charge in [-0.2, -0.15) is 0 Å². The van der Waals surface area contributed by atoms with E-state index in [4.69, 9.17) is 23.2 Å². The normalized spacial score (nSPS) is 17.6. The number of hydrogen-bond acceptors (Lipinski definition) is 2. The third-order valence-electron chi connectivity index (χ3n) is 5.25. The van der Waals surface area contributed by atoms with E-state index < -0.39 is 5.54 Å². The van der Waals surface area contributed by atoms with Gasteiger partial charge in [-0.05, 0) is 56.7 Å². The molecule has 0 saturated carbocycles. The lowest BCUT2D eigenvalue weighted by Gasteiger charge is -2.26. The summed E-state index contributed by atoms with van der Waals surface area (Å²) in [7, 11) is 0. The van der Waals surface area contributed by atoms with Gasteiger partial charge in [0.15, 0.2) is 0 Å². The van der Waals surface area contributed by atoms with Crippen molar-refractivity contribution in [2.24, 2.45) is 0 Å². The second-order valence-electron chi connectivity index (χ2n) is 7.26. The van der Waals surface area contributed by atoms with Crippen LogP contribution < -0.4 is 4.90 Å². The van der Waals surface area contributed by atoms with Crippen LogP contribution in [-0.2, 0) is 16.8 Å². The average molecular weight is 509 g/mol. The Hall–Kier alpha value is -1.82. The number of amides is 1. The van der Waals surface area contributed by atoms with Gasteiger partial charge in [0.05, 0.1) is 11.4 Å². The Morgan fingerprint density at radius 1 is 1.03 bits per heavy atom. The summed E-state index contributed by atoms with van der Waals surface area (Å²) in [5, 5.41) is 0.951. The predicted octanol–water partition coefficient (Wildman–Crippen LogP) is 7.23. The van der Waals surface area contributed by atoms with Crippen molar-refractivity contribution in [3.63, 3.8) is 0 Å². The van der Waals surface area contributed by atoms with Crippen LogP contribution in [0.5, 0.6) is 0 Å². The predicted molar refractivity (Wildman–Crippen MR) is 128 cm³/mol. The van der Waals surface area contributed by atoms with Crippen LogP contribution >= 0.6 is 39.1 Å². The molecular weight excluding hydrogens is 485 g/mol. The van der Waals surface area contributed by atoms with Crippen LogP contribution in [0.15, 0.2) is 46.9 Å². The summed E-state index contributed by atoms with van der Waals surface area (Å²) in [4.78, 5) is 20.0. The Labute approximate surface area is 195 Å². The summed E-state index contributed by atoms with van der Waals surface area (Å²) >= 11 is 15.9. The number of halogens is 3. The van der Waals surface area contributed by atoms with E-state index in [-0.39, 0.29) is 5.91 Å². The third-order valence-corrected chi connectivity index (χ3v) is 6.22. The Morgan fingerprint density at radius 3 is 2.17 bits per heavy atom. The maximum atomic E-state index is 13.7. The molecule has 0 radical (unpaired) electrons. The lowest BCUT2D eigenvalue weighted by atomic mass is 9.91. The monoisotopic (exact) mass is 507 g/mol. The van der Waals surface area contributed by atoms with Crippen LogP contribution in [-0.4, -0.2) is 15.5 Å². The van der Waals surface area contributed by atoms with E-state index in [0.29, 0.717) is 28.1 Å². The van der Waals surface area contributed by atoms with Gasteiger partial charge in [-0.3, -0.25) is 9.36 Å². The van der Waals surface area contributed by atoms with Gasteiger partial charge in [-0.15, -0.1) is 0 Å². The highest BCUT2D eigenvalue weighted by Crippen LogP contribution is 2.44. The molecule has 3 aromatic rings. The first-order valence-electron chi connectivity index (χ1n) is 9.82. The highest BCUT2D eigenvalue weighted by molar-refractivity contribution is 9.10. The molecule has 1 aliphatic heterocycles. The molecule has 0 saturated heterocycles. The summed E-state index contributed by atoms with van der Waals surface area (Å²) in [6.45, 7) is 9.91. The molecule has 1 unspecified atom stereocenters.